The van der Waals surface area contributed by atoms with Crippen LogP contribution in [-0.4, -0.2) is 39.0 Å². The minimum Gasteiger partial charge on any atom is -0.393 e. The summed E-state index contributed by atoms with van der Waals surface area (Å²) in [5.41, 5.74) is 1.28. The van der Waals surface area contributed by atoms with Crippen molar-refractivity contribution in [1.82, 2.24) is 14.7 Å². The maximum atomic E-state index is 9.85. The fourth-order valence-electron chi connectivity index (χ4n) is 2.56. The highest BCUT2D eigenvalue weighted by Crippen LogP contribution is 2.21. The molecule has 2 unspecified atom stereocenters. The first kappa shape index (κ1) is 12.6. The van der Waals surface area contributed by atoms with Gasteiger partial charge in [0.15, 0.2) is 0 Å². The van der Waals surface area contributed by atoms with Crippen LogP contribution in [0.4, 0.5) is 0 Å². The van der Waals surface area contributed by atoms with Gasteiger partial charge in [-0.15, -0.1) is 0 Å². The van der Waals surface area contributed by atoms with E-state index in [1.807, 2.05) is 10.9 Å². The molecule has 4 nitrogen and oxygen atoms in total. The number of hydrogen-bond donors (Lipinski definition) is 1. The zero-order valence-electron chi connectivity index (χ0n) is 10.8. The molecule has 0 bridgehead atoms. The highest BCUT2D eigenvalue weighted by Gasteiger charge is 2.26. The van der Waals surface area contributed by atoms with Crippen LogP contribution in [0.5, 0.6) is 0 Å². The number of aromatic nitrogens is 2. The predicted molar refractivity (Wildman–Crippen MR) is 67.6 cm³/mol. The molecule has 0 amide bonds. The minimum atomic E-state index is -0.102. The van der Waals surface area contributed by atoms with E-state index in [9.17, 15) is 5.11 Å². The third kappa shape index (κ3) is 3.07. The lowest BCUT2D eigenvalue weighted by Gasteiger charge is -2.35. The summed E-state index contributed by atoms with van der Waals surface area (Å²) in [4.78, 5) is 2.43. The van der Waals surface area contributed by atoms with E-state index in [0.29, 0.717) is 5.92 Å². The number of aliphatic hydroxyl groups is 1. The highest BCUT2D eigenvalue weighted by atomic mass is 16.3. The van der Waals surface area contributed by atoms with Gasteiger partial charge >= 0.3 is 0 Å². The first-order valence-corrected chi connectivity index (χ1v) is 6.64. The largest absolute Gasteiger partial charge is 0.393 e. The molecule has 2 heterocycles. The summed E-state index contributed by atoms with van der Waals surface area (Å²) >= 11 is 0. The van der Waals surface area contributed by atoms with Crippen LogP contribution in [0.2, 0.25) is 0 Å². The van der Waals surface area contributed by atoms with Crippen molar-refractivity contribution in [2.75, 3.05) is 13.1 Å². The van der Waals surface area contributed by atoms with Crippen LogP contribution in [0.25, 0.3) is 0 Å². The van der Waals surface area contributed by atoms with Crippen LogP contribution in [-0.2, 0) is 13.1 Å². The van der Waals surface area contributed by atoms with Crippen molar-refractivity contribution in [2.24, 2.45) is 5.92 Å². The molecule has 0 aromatic carbocycles. The third-order valence-electron chi connectivity index (χ3n) is 3.72. The maximum absolute atomic E-state index is 9.85. The summed E-state index contributed by atoms with van der Waals surface area (Å²) in [6, 6.07) is 0. The second-order valence-electron chi connectivity index (χ2n) is 4.96. The van der Waals surface area contributed by atoms with Gasteiger partial charge in [0.05, 0.1) is 12.3 Å². The molecule has 96 valence electrons. The molecule has 2 rings (SSSR count). The smallest absolute Gasteiger partial charge is 0.0592 e. The number of nitrogens with zero attached hydrogens (tertiary/aromatic N) is 3. The lowest BCUT2D eigenvalue weighted by Crippen LogP contribution is -2.42. The average Bonchev–Trinajstić information content (AvgIpc) is 2.79. The Labute approximate surface area is 103 Å². The fraction of sp³-hybridized carbons (Fsp3) is 0.769. The van der Waals surface area contributed by atoms with E-state index >= 15 is 0 Å². The van der Waals surface area contributed by atoms with Crippen LogP contribution in [0.1, 0.15) is 32.3 Å². The Hall–Kier alpha value is -0.870. The summed E-state index contributed by atoms with van der Waals surface area (Å²) in [5, 5.41) is 14.1. The molecular weight excluding hydrogens is 214 g/mol. The molecule has 0 spiro atoms. The molecule has 0 saturated carbocycles. The Morgan fingerprint density at radius 1 is 1.47 bits per heavy atom. The maximum Gasteiger partial charge on any atom is 0.0592 e. The van der Waals surface area contributed by atoms with Crippen LogP contribution in [0.15, 0.2) is 12.4 Å². The summed E-state index contributed by atoms with van der Waals surface area (Å²) < 4.78 is 1.96. The van der Waals surface area contributed by atoms with Crippen molar-refractivity contribution in [1.29, 1.82) is 0 Å². The number of aryl methyl sites for hydroxylation is 1. The van der Waals surface area contributed by atoms with E-state index in [1.54, 1.807) is 0 Å². The van der Waals surface area contributed by atoms with Crippen LogP contribution >= 0.6 is 0 Å². The van der Waals surface area contributed by atoms with Gasteiger partial charge in [-0.05, 0) is 25.7 Å². The van der Waals surface area contributed by atoms with E-state index in [4.69, 9.17) is 0 Å². The Bertz CT molecular complexity index is 350. The first-order valence-electron chi connectivity index (χ1n) is 6.64. The standard InChI is InChI=1S/C13H23N3O/c1-3-12-10-15(6-5-13(12)17)8-11-7-14-16(4-2)9-11/h7,9,12-13,17H,3-6,8,10H2,1-2H3. The van der Waals surface area contributed by atoms with Gasteiger partial charge in [0, 0.05) is 37.9 Å². The highest BCUT2D eigenvalue weighted by molar-refractivity contribution is 5.04. The zero-order chi connectivity index (χ0) is 12.3. The molecule has 1 N–H and O–H groups in total. The van der Waals surface area contributed by atoms with Crippen molar-refractivity contribution in [3.05, 3.63) is 18.0 Å². The molecular formula is C13H23N3O. The van der Waals surface area contributed by atoms with Gasteiger partial charge in [-0.1, -0.05) is 6.92 Å². The van der Waals surface area contributed by atoms with Crippen molar-refractivity contribution in [2.45, 2.75) is 45.9 Å². The number of hydrogen-bond acceptors (Lipinski definition) is 3. The lowest BCUT2D eigenvalue weighted by molar-refractivity contribution is 0.0222. The molecule has 2 atom stereocenters. The van der Waals surface area contributed by atoms with E-state index in [-0.39, 0.29) is 6.10 Å². The van der Waals surface area contributed by atoms with Gasteiger partial charge in [0.1, 0.15) is 0 Å². The molecule has 1 aliphatic rings. The van der Waals surface area contributed by atoms with Gasteiger partial charge < -0.3 is 5.11 Å². The molecule has 0 radical (unpaired) electrons. The molecule has 1 aromatic heterocycles. The third-order valence-corrected chi connectivity index (χ3v) is 3.72. The van der Waals surface area contributed by atoms with E-state index < -0.39 is 0 Å². The van der Waals surface area contributed by atoms with Gasteiger partial charge in [-0.25, -0.2) is 0 Å². The molecule has 17 heavy (non-hydrogen) atoms. The Kier molecular flexibility index (Phi) is 4.18. The average molecular weight is 237 g/mol. The minimum absolute atomic E-state index is 0.102. The van der Waals surface area contributed by atoms with Crippen LogP contribution < -0.4 is 0 Å². The Balaban J connectivity index is 1.90. The van der Waals surface area contributed by atoms with Crippen molar-refractivity contribution in [3.8, 4) is 0 Å². The van der Waals surface area contributed by atoms with Crippen molar-refractivity contribution in [3.63, 3.8) is 0 Å². The van der Waals surface area contributed by atoms with Gasteiger partial charge in [-0.3, -0.25) is 9.58 Å². The topological polar surface area (TPSA) is 41.3 Å². The molecule has 1 aromatic rings. The molecule has 0 aliphatic carbocycles. The van der Waals surface area contributed by atoms with Gasteiger partial charge in [-0.2, -0.15) is 5.10 Å². The molecule has 1 saturated heterocycles. The zero-order valence-corrected chi connectivity index (χ0v) is 10.8. The Morgan fingerprint density at radius 3 is 2.94 bits per heavy atom. The SMILES string of the molecule is CCC1CN(Cc2cnn(CC)c2)CCC1O. The summed E-state index contributed by atoms with van der Waals surface area (Å²) in [7, 11) is 0. The monoisotopic (exact) mass is 237 g/mol. The van der Waals surface area contributed by atoms with E-state index in [1.165, 1.54) is 5.56 Å². The second kappa shape index (κ2) is 5.65. The molecule has 4 heteroatoms. The van der Waals surface area contributed by atoms with Crippen LogP contribution in [0.3, 0.4) is 0 Å². The van der Waals surface area contributed by atoms with E-state index in [0.717, 1.165) is 39.0 Å². The summed E-state index contributed by atoms with van der Waals surface area (Å²) in [6.07, 6.45) is 5.93. The van der Waals surface area contributed by atoms with Gasteiger partial charge in [0.2, 0.25) is 0 Å². The number of likely N-dealkylation sites (tertiary alicyclic amines) is 1. The Morgan fingerprint density at radius 2 is 2.29 bits per heavy atom. The number of piperidine rings is 1. The quantitative estimate of drug-likeness (QED) is 0.862. The van der Waals surface area contributed by atoms with Crippen molar-refractivity contribution >= 4 is 0 Å². The molecule has 1 aliphatic heterocycles. The number of aliphatic hydroxyl groups excluding tert-OH is 1. The summed E-state index contributed by atoms with van der Waals surface area (Å²) in [6.45, 7) is 8.15. The number of rotatable bonds is 4. The fourth-order valence-corrected chi connectivity index (χ4v) is 2.56. The van der Waals surface area contributed by atoms with Crippen LogP contribution in [0, 0.1) is 5.92 Å². The first-order chi connectivity index (χ1) is 8.22. The molecule has 1 fully saturated rings. The summed E-state index contributed by atoms with van der Waals surface area (Å²) in [5.74, 6) is 0.435. The van der Waals surface area contributed by atoms with E-state index in [2.05, 4.69) is 30.0 Å². The lowest BCUT2D eigenvalue weighted by atomic mass is 9.92. The predicted octanol–water partition coefficient (Wildman–Crippen LogP) is 1.50. The normalized spacial score (nSPS) is 26.3. The second-order valence-corrected chi connectivity index (χ2v) is 4.96. The van der Waals surface area contributed by atoms with Crippen molar-refractivity contribution < 1.29 is 5.11 Å². The van der Waals surface area contributed by atoms with Gasteiger partial charge in [0.25, 0.3) is 0 Å².